The van der Waals surface area contributed by atoms with E-state index in [4.69, 9.17) is 9.47 Å². The van der Waals surface area contributed by atoms with Crippen molar-refractivity contribution >= 4 is 80.4 Å². The SMILES string of the molecule is CN1N=C(CCSCCc2nnc(NC(=O)Cc3ccc(NC(=O)OC(C)(C)C)cc3)s2)SC1NC(=O)Cc1ccc(NC(=O)OC(C)(C)C)cc1. The number of benzene rings is 2. The first-order valence-corrected chi connectivity index (χ1v) is 19.5. The Balaban J connectivity index is 1.09. The van der Waals surface area contributed by atoms with Crippen LogP contribution in [0, 0.1) is 0 Å². The molecule has 1 atom stereocenters. The largest absolute Gasteiger partial charge is 0.444 e. The number of nitrogens with one attached hydrogen (secondary N) is 4. The molecule has 3 aromatic rings. The van der Waals surface area contributed by atoms with Gasteiger partial charge in [0.05, 0.1) is 17.9 Å². The topological polar surface area (TPSA) is 176 Å². The van der Waals surface area contributed by atoms with Gasteiger partial charge in [0.15, 0.2) is 5.50 Å². The van der Waals surface area contributed by atoms with Gasteiger partial charge in [-0.05, 0) is 88.4 Å². The first-order chi connectivity index (χ1) is 24.5. The van der Waals surface area contributed by atoms with Gasteiger partial charge >= 0.3 is 12.2 Å². The van der Waals surface area contributed by atoms with E-state index in [2.05, 4.69) is 36.6 Å². The van der Waals surface area contributed by atoms with Gasteiger partial charge in [-0.1, -0.05) is 47.4 Å². The van der Waals surface area contributed by atoms with Crippen molar-refractivity contribution in [1.29, 1.82) is 0 Å². The lowest BCUT2D eigenvalue weighted by molar-refractivity contribution is -0.121. The molecule has 1 aliphatic heterocycles. The molecule has 4 N–H and O–H groups in total. The van der Waals surface area contributed by atoms with E-state index >= 15 is 0 Å². The zero-order valence-corrected chi connectivity index (χ0v) is 32.9. The summed E-state index contributed by atoms with van der Waals surface area (Å²) in [6, 6.07) is 14.1. The van der Waals surface area contributed by atoms with E-state index in [0.29, 0.717) is 16.5 Å². The lowest BCUT2D eigenvalue weighted by Gasteiger charge is -2.20. The minimum absolute atomic E-state index is 0.126. The molecule has 17 heteroatoms. The van der Waals surface area contributed by atoms with E-state index in [1.54, 1.807) is 107 Å². The molecule has 0 fully saturated rings. The molecular formula is C35H46N8O6S3. The highest BCUT2D eigenvalue weighted by Crippen LogP contribution is 2.26. The zero-order valence-electron chi connectivity index (χ0n) is 30.4. The number of thioether (sulfide) groups is 2. The summed E-state index contributed by atoms with van der Waals surface area (Å²) in [5, 5.41) is 28.1. The van der Waals surface area contributed by atoms with E-state index in [-0.39, 0.29) is 30.2 Å². The maximum Gasteiger partial charge on any atom is 0.412 e. The van der Waals surface area contributed by atoms with E-state index in [1.165, 1.54) is 23.1 Å². The number of nitrogens with zero attached hydrogens (tertiary/aromatic N) is 4. The third-order valence-corrected chi connectivity index (χ3v) is 9.79. The van der Waals surface area contributed by atoms with Crippen molar-refractivity contribution in [2.75, 3.05) is 34.5 Å². The second kappa shape index (κ2) is 18.4. The number of hydrogen-bond acceptors (Lipinski definition) is 13. The Morgan fingerprint density at radius 3 is 1.81 bits per heavy atom. The Morgan fingerprint density at radius 1 is 0.750 bits per heavy atom. The Kier molecular flexibility index (Phi) is 14.3. The number of aromatic nitrogens is 2. The molecular weight excluding hydrogens is 725 g/mol. The second-order valence-electron chi connectivity index (χ2n) is 13.8. The van der Waals surface area contributed by atoms with Crippen molar-refractivity contribution < 1.29 is 28.7 Å². The van der Waals surface area contributed by atoms with Gasteiger partial charge < -0.3 is 20.1 Å². The summed E-state index contributed by atoms with van der Waals surface area (Å²) < 4.78 is 10.5. The Bertz CT molecular complexity index is 1720. The van der Waals surface area contributed by atoms with Crippen molar-refractivity contribution in [3.05, 3.63) is 64.7 Å². The van der Waals surface area contributed by atoms with Crippen LogP contribution in [0.15, 0.2) is 53.6 Å². The molecule has 0 radical (unpaired) electrons. The van der Waals surface area contributed by atoms with Gasteiger partial charge in [0.25, 0.3) is 0 Å². The number of amides is 4. The number of hydrogen-bond donors (Lipinski definition) is 4. The highest BCUT2D eigenvalue weighted by molar-refractivity contribution is 8.14. The van der Waals surface area contributed by atoms with Gasteiger partial charge in [0.2, 0.25) is 16.9 Å². The minimum atomic E-state index is -0.592. The highest BCUT2D eigenvalue weighted by Gasteiger charge is 2.26. The summed E-state index contributed by atoms with van der Waals surface area (Å²) in [7, 11) is 1.84. The fraction of sp³-hybridized carbons (Fsp3) is 0.457. The average Bonchev–Trinajstić information content (AvgIpc) is 3.61. The number of carbonyl (C=O) groups excluding carboxylic acids is 4. The normalized spacial score (nSPS) is 14.3. The highest BCUT2D eigenvalue weighted by atomic mass is 32.2. The van der Waals surface area contributed by atoms with Crippen molar-refractivity contribution in [2.45, 2.75) is 83.9 Å². The molecule has 0 saturated carbocycles. The third-order valence-electron chi connectivity index (χ3n) is 6.70. The first-order valence-electron chi connectivity index (χ1n) is 16.6. The molecule has 2 aromatic carbocycles. The summed E-state index contributed by atoms with van der Waals surface area (Å²) in [6.45, 7) is 10.8. The number of hydrazone groups is 1. The molecule has 0 spiro atoms. The summed E-state index contributed by atoms with van der Waals surface area (Å²) in [5.41, 5.74) is 1.31. The van der Waals surface area contributed by atoms with E-state index in [1.807, 2.05) is 7.05 Å². The Morgan fingerprint density at radius 2 is 1.27 bits per heavy atom. The predicted molar refractivity (Wildman–Crippen MR) is 209 cm³/mol. The molecule has 1 aliphatic rings. The van der Waals surface area contributed by atoms with Gasteiger partial charge in [-0.25, -0.2) is 9.59 Å². The summed E-state index contributed by atoms with van der Waals surface area (Å²) in [6.07, 6.45) is 0.780. The quantitative estimate of drug-likeness (QED) is 0.128. The van der Waals surface area contributed by atoms with Crippen LogP contribution in [0.1, 0.15) is 64.1 Å². The van der Waals surface area contributed by atoms with E-state index in [0.717, 1.165) is 45.5 Å². The number of anilines is 3. The lowest BCUT2D eigenvalue weighted by Crippen LogP contribution is -2.40. The maximum absolute atomic E-state index is 12.7. The summed E-state index contributed by atoms with van der Waals surface area (Å²) in [4.78, 5) is 49.2. The molecule has 4 rings (SSSR count). The average molecular weight is 771 g/mol. The van der Waals surface area contributed by atoms with Crippen molar-refractivity contribution in [3.63, 3.8) is 0 Å². The molecule has 1 unspecified atom stereocenters. The van der Waals surface area contributed by atoms with E-state index in [9.17, 15) is 19.2 Å². The molecule has 4 amide bonds. The van der Waals surface area contributed by atoms with Crippen molar-refractivity contribution in [2.24, 2.45) is 5.10 Å². The molecule has 14 nitrogen and oxygen atoms in total. The van der Waals surface area contributed by atoms with Crippen molar-refractivity contribution in [3.8, 4) is 0 Å². The molecule has 0 aliphatic carbocycles. The van der Waals surface area contributed by atoms with Gasteiger partial charge in [-0.15, -0.1) is 10.2 Å². The van der Waals surface area contributed by atoms with Crippen LogP contribution in [-0.2, 0) is 38.3 Å². The molecule has 52 heavy (non-hydrogen) atoms. The molecule has 0 saturated heterocycles. The summed E-state index contributed by atoms with van der Waals surface area (Å²) >= 11 is 4.66. The van der Waals surface area contributed by atoms with Gasteiger partial charge in [0, 0.05) is 31.3 Å². The first kappa shape index (κ1) is 40.4. The fourth-order valence-corrected chi connectivity index (χ4v) is 7.43. The van der Waals surface area contributed by atoms with Gasteiger partial charge in [0.1, 0.15) is 16.2 Å². The van der Waals surface area contributed by atoms with Crippen molar-refractivity contribution in [1.82, 2.24) is 20.5 Å². The Hall–Kier alpha value is -4.35. The van der Waals surface area contributed by atoms with Crippen LogP contribution >= 0.6 is 34.9 Å². The van der Waals surface area contributed by atoms with Gasteiger partial charge in [-0.3, -0.25) is 25.2 Å². The predicted octanol–water partition coefficient (Wildman–Crippen LogP) is 6.71. The number of rotatable bonds is 14. The lowest BCUT2D eigenvalue weighted by atomic mass is 10.1. The third kappa shape index (κ3) is 14.7. The number of ether oxygens (including phenoxy) is 2. The van der Waals surface area contributed by atoms with Crippen LogP contribution in [0.25, 0.3) is 0 Å². The van der Waals surface area contributed by atoms with Crippen LogP contribution in [0.2, 0.25) is 0 Å². The zero-order chi connectivity index (χ0) is 37.9. The number of carbonyl (C=O) groups is 4. The minimum Gasteiger partial charge on any atom is -0.444 e. The Labute approximate surface area is 316 Å². The van der Waals surface area contributed by atoms with Crippen LogP contribution in [-0.4, -0.2) is 79.5 Å². The van der Waals surface area contributed by atoms with E-state index < -0.39 is 23.4 Å². The number of aryl methyl sites for hydroxylation is 1. The molecule has 1 aromatic heterocycles. The van der Waals surface area contributed by atoms with Crippen LogP contribution in [0.3, 0.4) is 0 Å². The molecule has 280 valence electrons. The van der Waals surface area contributed by atoms with Crippen LogP contribution in [0.4, 0.5) is 26.1 Å². The maximum atomic E-state index is 12.7. The van der Waals surface area contributed by atoms with Gasteiger partial charge in [-0.2, -0.15) is 16.9 Å². The van der Waals surface area contributed by atoms with Crippen LogP contribution in [0.5, 0.6) is 0 Å². The smallest absolute Gasteiger partial charge is 0.412 e. The fourth-order valence-electron chi connectivity index (χ4n) is 4.49. The molecule has 2 heterocycles. The monoisotopic (exact) mass is 770 g/mol. The standard InChI is InChI=1S/C35H46N8O6S3/c1-34(2,3)48-32(46)36-24-12-8-22(9-13-24)20-26(44)38-30-41-40-28(51-30)16-18-50-19-17-29-42-43(7)31(52-29)39-27(45)21-23-10-14-25(15-11-23)37-33(47)49-35(4,5)6/h8-15,31H,16-21H2,1-7H3,(H,36,46)(H,37,47)(H,39,45)(H,38,41,44). The summed E-state index contributed by atoms with van der Waals surface area (Å²) in [5.74, 6) is 1.37. The van der Waals surface area contributed by atoms with Crippen LogP contribution < -0.4 is 21.3 Å². The second-order valence-corrected chi connectivity index (χ2v) is 17.2. The molecule has 0 bridgehead atoms.